The highest BCUT2D eigenvalue weighted by molar-refractivity contribution is 5.94. The van der Waals surface area contributed by atoms with Gasteiger partial charge in [-0.05, 0) is 37.1 Å². The molecular weight excluding hydrogens is 285 g/mol. The molecule has 2 heterocycles. The number of hydrogen-bond donors (Lipinski definition) is 0. The molecule has 1 aromatic carbocycles. The summed E-state index contributed by atoms with van der Waals surface area (Å²) in [7, 11) is 0. The fourth-order valence-corrected chi connectivity index (χ4v) is 2.72. The molecule has 1 aromatic heterocycles. The van der Waals surface area contributed by atoms with E-state index in [4.69, 9.17) is 4.52 Å². The molecule has 1 fully saturated rings. The number of halogens is 1. The van der Waals surface area contributed by atoms with Crippen LogP contribution >= 0.6 is 0 Å². The number of aryl methyl sites for hydroxylation is 1. The first-order valence-corrected chi connectivity index (χ1v) is 7.54. The van der Waals surface area contributed by atoms with E-state index in [1.807, 2.05) is 6.92 Å². The van der Waals surface area contributed by atoms with Crippen LogP contribution in [0, 0.1) is 5.82 Å². The summed E-state index contributed by atoms with van der Waals surface area (Å²) in [5.41, 5.74) is 0.504. The summed E-state index contributed by atoms with van der Waals surface area (Å²) in [4.78, 5) is 18.6. The number of piperidine rings is 1. The summed E-state index contributed by atoms with van der Waals surface area (Å²) in [5.74, 6) is 0.975. The second-order valence-electron chi connectivity index (χ2n) is 5.50. The predicted molar refractivity (Wildman–Crippen MR) is 78.0 cm³/mol. The molecule has 6 heteroatoms. The average molecular weight is 303 g/mol. The third-order valence-electron chi connectivity index (χ3n) is 3.95. The molecule has 1 atom stereocenters. The molecule has 0 aliphatic carbocycles. The number of nitrogens with zero attached hydrogens (tertiary/aromatic N) is 3. The van der Waals surface area contributed by atoms with Crippen LogP contribution in [0.4, 0.5) is 4.39 Å². The quantitative estimate of drug-likeness (QED) is 0.875. The van der Waals surface area contributed by atoms with Crippen LogP contribution in [0.5, 0.6) is 0 Å². The SMILES string of the molecule is CCc1nc([C@@H]2CCCN(C(=O)c3ccc(F)cc3)C2)no1. The van der Waals surface area contributed by atoms with Gasteiger partial charge in [0, 0.05) is 31.0 Å². The number of carbonyl (C=O) groups is 1. The molecule has 3 rings (SSSR count). The van der Waals surface area contributed by atoms with Gasteiger partial charge in [0.15, 0.2) is 5.82 Å². The zero-order valence-electron chi connectivity index (χ0n) is 12.5. The van der Waals surface area contributed by atoms with Crippen LogP contribution in [0.2, 0.25) is 0 Å². The normalized spacial score (nSPS) is 18.5. The monoisotopic (exact) mass is 303 g/mol. The number of hydrogen-bond acceptors (Lipinski definition) is 4. The second kappa shape index (κ2) is 6.25. The van der Waals surface area contributed by atoms with Crippen LogP contribution in [0.15, 0.2) is 28.8 Å². The Bertz CT molecular complexity index is 654. The van der Waals surface area contributed by atoms with Crippen molar-refractivity contribution in [2.75, 3.05) is 13.1 Å². The van der Waals surface area contributed by atoms with Crippen molar-refractivity contribution in [3.8, 4) is 0 Å². The van der Waals surface area contributed by atoms with E-state index >= 15 is 0 Å². The second-order valence-corrected chi connectivity index (χ2v) is 5.50. The van der Waals surface area contributed by atoms with Gasteiger partial charge in [0.2, 0.25) is 5.89 Å². The molecule has 5 nitrogen and oxygen atoms in total. The van der Waals surface area contributed by atoms with Crippen molar-refractivity contribution in [1.29, 1.82) is 0 Å². The van der Waals surface area contributed by atoms with E-state index in [-0.39, 0.29) is 17.6 Å². The summed E-state index contributed by atoms with van der Waals surface area (Å²) < 4.78 is 18.1. The molecule has 0 N–H and O–H groups in total. The Hall–Kier alpha value is -2.24. The van der Waals surface area contributed by atoms with E-state index in [2.05, 4.69) is 10.1 Å². The van der Waals surface area contributed by atoms with Gasteiger partial charge in [0.1, 0.15) is 5.82 Å². The first-order chi connectivity index (χ1) is 10.7. The van der Waals surface area contributed by atoms with Crippen LogP contribution < -0.4 is 0 Å². The van der Waals surface area contributed by atoms with Crippen molar-refractivity contribution in [3.63, 3.8) is 0 Å². The lowest BCUT2D eigenvalue weighted by molar-refractivity contribution is 0.0703. The Kier molecular flexibility index (Phi) is 4.18. The van der Waals surface area contributed by atoms with E-state index in [0.717, 1.165) is 12.8 Å². The Morgan fingerprint density at radius 1 is 1.41 bits per heavy atom. The summed E-state index contributed by atoms with van der Waals surface area (Å²) in [6.07, 6.45) is 2.54. The minimum atomic E-state index is -0.341. The molecule has 0 bridgehead atoms. The third kappa shape index (κ3) is 3.00. The van der Waals surface area contributed by atoms with Crippen molar-refractivity contribution in [2.45, 2.75) is 32.1 Å². The molecule has 116 valence electrons. The van der Waals surface area contributed by atoms with E-state index < -0.39 is 0 Å². The minimum Gasteiger partial charge on any atom is -0.339 e. The van der Waals surface area contributed by atoms with Crippen LogP contribution in [0.3, 0.4) is 0 Å². The van der Waals surface area contributed by atoms with Gasteiger partial charge in [-0.2, -0.15) is 4.98 Å². The summed E-state index contributed by atoms with van der Waals surface area (Å²) >= 11 is 0. The topological polar surface area (TPSA) is 59.2 Å². The Morgan fingerprint density at radius 2 is 2.18 bits per heavy atom. The number of aromatic nitrogens is 2. The number of likely N-dealkylation sites (tertiary alicyclic amines) is 1. The van der Waals surface area contributed by atoms with Crippen molar-refractivity contribution < 1.29 is 13.7 Å². The lowest BCUT2D eigenvalue weighted by atomic mass is 9.96. The average Bonchev–Trinajstić information content (AvgIpc) is 3.04. The van der Waals surface area contributed by atoms with Crippen molar-refractivity contribution >= 4 is 5.91 Å². The standard InChI is InChI=1S/C16H18FN3O2/c1-2-14-18-15(19-22-14)12-4-3-9-20(10-12)16(21)11-5-7-13(17)8-6-11/h5-8,12H,2-4,9-10H2,1H3/t12-/m1/s1. The highest BCUT2D eigenvalue weighted by Gasteiger charge is 2.28. The van der Waals surface area contributed by atoms with Gasteiger partial charge in [0.25, 0.3) is 5.91 Å². The first kappa shape index (κ1) is 14.7. The van der Waals surface area contributed by atoms with Gasteiger partial charge in [0.05, 0.1) is 0 Å². The van der Waals surface area contributed by atoms with E-state index in [0.29, 0.717) is 36.8 Å². The molecule has 0 radical (unpaired) electrons. The molecule has 2 aromatic rings. The lowest BCUT2D eigenvalue weighted by Gasteiger charge is -2.31. The van der Waals surface area contributed by atoms with Crippen molar-refractivity contribution in [2.24, 2.45) is 0 Å². The largest absolute Gasteiger partial charge is 0.339 e. The minimum absolute atomic E-state index is 0.0797. The third-order valence-corrected chi connectivity index (χ3v) is 3.95. The summed E-state index contributed by atoms with van der Waals surface area (Å²) in [6.45, 7) is 3.23. The van der Waals surface area contributed by atoms with E-state index in [1.165, 1.54) is 24.3 Å². The highest BCUT2D eigenvalue weighted by atomic mass is 19.1. The van der Waals surface area contributed by atoms with Gasteiger partial charge in [-0.15, -0.1) is 0 Å². The maximum absolute atomic E-state index is 13.0. The fourth-order valence-electron chi connectivity index (χ4n) is 2.72. The Labute approximate surface area is 128 Å². The predicted octanol–water partition coefficient (Wildman–Crippen LogP) is 2.79. The van der Waals surface area contributed by atoms with Gasteiger partial charge in [-0.1, -0.05) is 12.1 Å². The van der Waals surface area contributed by atoms with Gasteiger partial charge in [-0.3, -0.25) is 4.79 Å². The molecular formula is C16H18FN3O2. The molecule has 1 amide bonds. The highest BCUT2D eigenvalue weighted by Crippen LogP contribution is 2.26. The van der Waals surface area contributed by atoms with Crippen LogP contribution in [-0.2, 0) is 6.42 Å². The zero-order valence-corrected chi connectivity index (χ0v) is 12.5. The van der Waals surface area contributed by atoms with E-state index in [1.54, 1.807) is 4.90 Å². The van der Waals surface area contributed by atoms with Crippen molar-refractivity contribution in [1.82, 2.24) is 15.0 Å². The number of rotatable bonds is 3. The van der Waals surface area contributed by atoms with Gasteiger partial charge >= 0.3 is 0 Å². The summed E-state index contributed by atoms with van der Waals surface area (Å²) in [5, 5.41) is 4.02. The van der Waals surface area contributed by atoms with Gasteiger partial charge < -0.3 is 9.42 Å². The van der Waals surface area contributed by atoms with Gasteiger partial charge in [-0.25, -0.2) is 4.39 Å². The van der Waals surface area contributed by atoms with Crippen molar-refractivity contribution in [3.05, 3.63) is 47.4 Å². The fraction of sp³-hybridized carbons (Fsp3) is 0.438. The molecule has 1 aliphatic rings. The van der Waals surface area contributed by atoms with Crippen LogP contribution in [0.25, 0.3) is 0 Å². The number of carbonyl (C=O) groups excluding carboxylic acids is 1. The smallest absolute Gasteiger partial charge is 0.253 e. The molecule has 1 saturated heterocycles. The van der Waals surface area contributed by atoms with Crippen LogP contribution in [-0.4, -0.2) is 34.0 Å². The molecule has 1 aliphatic heterocycles. The lowest BCUT2D eigenvalue weighted by Crippen LogP contribution is -2.39. The van der Waals surface area contributed by atoms with Crippen LogP contribution in [0.1, 0.15) is 47.8 Å². The maximum atomic E-state index is 13.0. The summed E-state index contributed by atoms with van der Waals surface area (Å²) in [6, 6.07) is 5.65. The molecule has 22 heavy (non-hydrogen) atoms. The first-order valence-electron chi connectivity index (χ1n) is 7.54. The maximum Gasteiger partial charge on any atom is 0.253 e. The Balaban J connectivity index is 1.72. The number of benzene rings is 1. The molecule has 0 unspecified atom stereocenters. The molecule has 0 saturated carbocycles. The zero-order chi connectivity index (χ0) is 15.5. The van der Waals surface area contributed by atoms with E-state index in [9.17, 15) is 9.18 Å². The Morgan fingerprint density at radius 3 is 2.86 bits per heavy atom. The molecule has 0 spiro atoms. The number of amides is 1.